The van der Waals surface area contributed by atoms with Crippen LogP contribution in [0.25, 0.3) is 0 Å². The number of rotatable bonds is 6. The molecule has 0 aliphatic carbocycles. The Kier molecular flexibility index (Phi) is 5.57. The highest BCUT2D eigenvalue weighted by molar-refractivity contribution is 4.80. The Morgan fingerprint density at radius 1 is 1.20 bits per heavy atom. The van der Waals surface area contributed by atoms with Crippen molar-refractivity contribution in [3.05, 3.63) is 25.3 Å². The molecule has 86 valence electrons. The van der Waals surface area contributed by atoms with E-state index >= 15 is 0 Å². The summed E-state index contributed by atoms with van der Waals surface area (Å²) < 4.78 is 16.1. The van der Waals surface area contributed by atoms with E-state index in [1.807, 2.05) is 0 Å². The topological polar surface area (TPSA) is 47.9 Å². The summed E-state index contributed by atoms with van der Waals surface area (Å²) >= 11 is 0. The van der Waals surface area contributed by atoms with E-state index in [1.165, 1.54) is 0 Å². The van der Waals surface area contributed by atoms with Crippen molar-refractivity contribution in [1.82, 2.24) is 0 Å². The van der Waals surface area contributed by atoms with Crippen molar-refractivity contribution in [3.63, 3.8) is 0 Å². The van der Waals surface area contributed by atoms with E-state index < -0.39 is 6.29 Å². The molecule has 0 radical (unpaired) electrons. The molecule has 3 atom stereocenters. The van der Waals surface area contributed by atoms with E-state index in [1.54, 1.807) is 12.2 Å². The fourth-order valence-corrected chi connectivity index (χ4v) is 1.45. The first-order valence-corrected chi connectivity index (χ1v) is 5.02. The molecule has 4 nitrogen and oxygen atoms in total. The van der Waals surface area contributed by atoms with E-state index in [0.29, 0.717) is 26.2 Å². The fourth-order valence-electron chi connectivity index (χ4n) is 1.45. The van der Waals surface area contributed by atoms with Gasteiger partial charge in [0.25, 0.3) is 0 Å². The Bertz CT molecular complexity index is 205. The van der Waals surface area contributed by atoms with Crippen molar-refractivity contribution >= 4 is 0 Å². The maximum Gasteiger partial charge on any atom is 0.157 e. The molecule has 1 rings (SSSR count). The number of aliphatic hydroxyl groups excluding tert-OH is 1. The highest BCUT2D eigenvalue weighted by Crippen LogP contribution is 2.18. The van der Waals surface area contributed by atoms with Gasteiger partial charge in [0.15, 0.2) is 6.29 Å². The SMILES string of the molecule is C=CCO[C@H]1CC(O)OC[C@H]1OCC=C. The molecule has 1 saturated heterocycles. The first-order valence-electron chi connectivity index (χ1n) is 5.02. The van der Waals surface area contributed by atoms with Gasteiger partial charge in [-0.15, -0.1) is 13.2 Å². The van der Waals surface area contributed by atoms with Crippen LogP contribution < -0.4 is 0 Å². The molecule has 0 spiro atoms. The van der Waals surface area contributed by atoms with Gasteiger partial charge in [0.05, 0.1) is 25.9 Å². The van der Waals surface area contributed by atoms with Crippen LogP contribution in [0.4, 0.5) is 0 Å². The Morgan fingerprint density at radius 2 is 1.80 bits per heavy atom. The predicted molar refractivity (Wildman–Crippen MR) is 56.4 cm³/mol. The third-order valence-corrected chi connectivity index (χ3v) is 2.16. The zero-order valence-electron chi connectivity index (χ0n) is 8.80. The summed E-state index contributed by atoms with van der Waals surface area (Å²) in [6, 6.07) is 0. The second-order valence-corrected chi connectivity index (χ2v) is 3.34. The van der Waals surface area contributed by atoms with Crippen LogP contribution in [0, 0.1) is 0 Å². The number of hydrogen-bond donors (Lipinski definition) is 1. The quantitative estimate of drug-likeness (QED) is 0.666. The largest absolute Gasteiger partial charge is 0.371 e. The third-order valence-electron chi connectivity index (χ3n) is 2.16. The van der Waals surface area contributed by atoms with Crippen LogP contribution in [0.15, 0.2) is 25.3 Å². The molecule has 1 heterocycles. The maximum atomic E-state index is 9.32. The summed E-state index contributed by atoms with van der Waals surface area (Å²) in [5, 5.41) is 9.32. The van der Waals surface area contributed by atoms with Gasteiger partial charge in [0, 0.05) is 6.42 Å². The van der Waals surface area contributed by atoms with Crippen LogP contribution in [0.3, 0.4) is 0 Å². The molecule has 0 saturated carbocycles. The predicted octanol–water partition coefficient (Wildman–Crippen LogP) is 0.867. The van der Waals surface area contributed by atoms with Gasteiger partial charge in [-0.3, -0.25) is 0 Å². The van der Waals surface area contributed by atoms with Crippen molar-refractivity contribution in [3.8, 4) is 0 Å². The molecule has 4 heteroatoms. The lowest BCUT2D eigenvalue weighted by molar-refractivity contribution is -0.212. The monoisotopic (exact) mass is 214 g/mol. The van der Waals surface area contributed by atoms with E-state index in [4.69, 9.17) is 14.2 Å². The molecule has 1 aliphatic heterocycles. The summed E-state index contributed by atoms with van der Waals surface area (Å²) in [5.74, 6) is 0. The summed E-state index contributed by atoms with van der Waals surface area (Å²) in [5.41, 5.74) is 0. The van der Waals surface area contributed by atoms with Crippen LogP contribution in [-0.2, 0) is 14.2 Å². The minimum atomic E-state index is -0.761. The Labute approximate surface area is 90.1 Å². The second-order valence-electron chi connectivity index (χ2n) is 3.34. The molecule has 1 aliphatic rings. The van der Waals surface area contributed by atoms with Gasteiger partial charge in [-0.25, -0.2) is 0 Å². The lowest BCUT2D eigenvalue weighted by Gasteiger charge is -2.33. The molecular formula is C11H18O4. The molecule has 0 aromatic heterocycles. The highest BCUT2D eigenvalue weighted by atomic mass is 16.6. The van der Waals surface area contributed by atoms with Gasteiger partial charge < -0.3 is 19.3 Å². The van der Waals surface area contributed by atoms with Gasteiger partial charge in [-0.2, -0.15) is 0 Å². The molecular weight excluding hydrogens is 196 g/mol. The zero-order chi connectivity index (χ0) is 11.1. The number of hydrogen-bond acceptors (Lipinski definition) is 4. The van der Waals surface area contributed by atoms with Crippen molar-refractivity contribution in [1.29, 1.82) is 0 Å². The Hall–Kier alpha value is -0.680. The van der Waals surface area contributed by atoms with Crippen LogP contribution in [0.2, 0.25) is 0 Å². The standard InChI is InChI=1S/C11H18O4/c1-3-5-13-9-7-11(12)15-8-10(9)14-6-4-2/h3-4,9-12H,1-2,5-8H2/t9-,10+,11?/m0/s1. The average Bonchev–Trinajstić information content (AvgIpc) is 2.25. The molecule has 0 aromatic rings. The van der Waals surface area contributed by atoms with Crippen molar-refractivity contribution in [2.24, 2.45) is 0 Å². The van der Waals surface area contributed by atoms with E-state index in [-0.39, 0.29) is 12.2 Å². The van der Waals surface area contributed by atoms with E-state index in [2.05, 4.69) is 13.2 Å². The summed E-state index contributed by atoms with van der Waals surface area (Å²) in [6.07, 6.45) is 2.72. The lowest BCUT2D eigenvalue weighted by atomic mass is 10.1. The first kappa shape index (κ1) is 12.4. The van der Waals surface area contributed by atoms with Crippen molar-refractivity contribution in [2.45, 2.75) is 24.9 Å². The van der Waals surface area contributed by atoms with Gasteiger partial charge in [-0.1, -0.05) is 12.2 Å². The molecule has 1 fully saturated rings. The van der Waals surface area contributed by atoms with Gasteiger partial charge in [0.2, 0.25) is 0 Å². The molecule has 1 unspecified atom stereocenters. The van der Waals surface area contributed by atoms with Crippen molar-refractivity contribution < 1.29 is 19.3 Å². The second kappa shape index (κ2) is 6.74. The number of aliphatic hydroxyl groups is 1. The smallest absolute Gasteiger partial charge is 0.157 e. The molecule has 0 aromatic carbocycles. The van der Waals surface area contributed by atoms with E-state index in [9.17, 15) is 5.11 Å². The number of ether oxygens (including phenoxy) is 3. The van der Waals surface area contributed by atoms with Crippen molar-refractivity contribution in [2.75, 3.05) is 19.8 Å². The minimum absolute atomic E-state index is 0.147. The van der Waals surface area contributed by atoms with E-state index in [0.717, 1.165) is 0 Å². The third kappa shape index (κ3) is 4.13. The normalized spacial score (nSPS) is 31.1. The lowest BCUT2D eigenvalue weighted by Crippen LogP contribution is -2.44. The molecule has 15 heavy (non-hydrogen) atoms. The van der Waals surface area contributed by atoms with Gasteiger partial charge >= 0.3 is 0 Å². The maximum absolute atomic E-state index is 9.32. The van der Waals surface area contributed by atoms with Gasteiger partial charge in [-0.05, 0) is 0 Å². The van der Waals surface area contributed by atoms with Crippen LogP contribution in [-0.4, -0.2) is 43.4 Å². The van der Waals surface area contributed by atoms with Crippen LogP contribution >= 0.6 is 0 Å². The van der Waals surface area contributed by atoms with Gasteiger partial charge in [0.1, 0.15) is 6.10 Å². The van der Waals surface area contributed by atoms with Crippen LogP contribution in [0.1, 0.15) is 6.42 Å². The molecule has 0 bridgehead atoms. The Balaban J connectivity index is 2.41. The summed E-state index contributed by atoms with van der Waals surface area (Å²) in [6.45, 7) is 8.40. The fraction of sp³-hybridized carbons (Fsp3) is 0.636. The summed E-state index contributed by atoms with van der Waals surface area (Å²) in [7, 11) is 0. The average molecular weight is 214 g/mol. The Morgan fingerprint density at radius 3 is 2.40 bits per heavy atom. The minimum Gasteiger partial charge on any atom is -0.371 e. The first-order chi connectivity index (χ1) is 7.27. The highest BCUT2D eigenvalue weighted by Gasteiger charge is 2.31. The summed E-state index contributed by atoms with van der Waals surface area (Å²) in [4.78, 5) is 0. The molecule has 0 amide bonds. The molecule has 1 N–H and O–H groups in total. The zero-order valence-corrected chi connectivity index (χ0v) is 8.80. The van der Waals surface area contributed by atoms with Crippen LogP contribution in [0.5, 0.6) is 0 Å².